The maximum absolute atomic E-state index is 12.2. The van der Waals surface area contributed by atoms with E-state index in [0.717, 1.165) is 4.90 Å². The zero-order chi connectivity index (χ0) is 17.4. The van der Waals surface area contributed by atoms with Crippen LogP contribution in [0.15, 0.2) is 59.5 Å². The van der Waals surface area contributed by atoms with E-state index in [2.05, 4.69) is 5.32 Å². The number of ketones is 1. The lowest BCUT2D eigenvalue weighted by molar-refractivity contribution is 0.0914. The van der Waals surface area contributed by atoms with Crippen LogP contribution in [-0.4, -0.2) is 35.2 Å². The van der Waals surface area contributed by atoms with E-state index in [9.17, 15) is 14.7 Å². The minimum absolute atomic E-state index is 0.0572. The Hall–Kier alpha value is -2.11. The number of benzene rings is 2. The van der Waals surface area contributed by atoms with Gasteiger partial charge in [-0.2, -0.15) is 0 Å². The number of aliphatic hydroxyl groups excluding tert-OH is 1. The first-order valence-corrected chi connectivity index (χ1v) is 8.85. The van der Waals surface area contributed by atoms with Gasteiger partial charge in [-0.1, -0.05) is 43.3 Å². The molecule has 0 bridgehead atoms. The molecule has 2 N–H and O–H groups in total. The second-order valence-electron chi connectivity index (χ2n) is 5.37. The summed E-state index contributed by atoms with van der Waals surface area (Å²) in [5.41, 5.74) is 1.21. The summed E-state index contributed by atoms with van der Waals surface area (Å²) in [7, 11) is 0. The van der Waals surface area contributed by atoms with E-state index < -0.39 is 0 Å². The quantitative estimate of drug-likeness (QED) is 0.571. The van der Waals surface area contributed by atoms with Crippen LogP contribution in [0.5, 0.6) is 0 Å². The fourth-order valence-corrected chi connectivity index (χ4v) is 2.98. The van der Waals surface area contributed by atoms with Gasteiger partial charge in [-0.3, -0.25) is 9.59 Å². The summed E-state index contributed by atoms with van der Waals surface area (Å²) in [5, 5.41) is 12.0. The van der Waals surface area contributed by atoms with Gasteiger partial charge >= 0.3 is 0 Å². The topological polar surface area (TPSA) is 66.4 Å². The zero-order valence-corrected chi connectivity index (χ0v) is 14.4. The summed E-state index contributed by atoms with van der Waals surface area (Å²) in [4.78, 5) is 25.2. The largest absolute Gasteiger partial charge is 0.394 e. The van der Waals surface area contributed by atoms with Gasteiger partial charge in [-0.15, -0.1) is 11.8 Å². The van der Waals surface area contributed by atoms with Gasteiger partial charge in [-0.25, -0.2) is 0 Å². The van der Waals surface area contributed by atoms with Crippen LogP contribution in [-0.2, 0) is 0 Å². The third-order valence-electron chi connectivity index (χ3n) is 3.61. The number of nitrogens with one attached hydrogen (secondary N) is 1. The Morgan fingerprint density at radius 2 is 1.79 bits per heavy atom. The Morgan fingerprint density at radius 1 is 1.08 bits per heavy atom. The molecule has 0 saturated heterocycles. The highest BCUT2D eigenvalue weighted by atomic mass is 32.2. The van der Waals surface area contributed by atoms with Gasteiger partial charge < -0.3 is 10.4 Å². The van der Waals surface area contributed by atoms with Gasteiger partial charge in [0.25, 0.3) is 5.91 Å². The molecule has 0 radical (unpaired) electrons. The molecule has 0 saturated carbocycles. The summed E-state index contributed by atoms with van der Waals surface area (Å²) in [5.74, 6) is 0.165. The van der Waals surface area contributed by atoms with Crippen molar-refractivity contribution in [3.63, 3.8) is 0 Å². The van der Waals surface area contributed by atoms with Crippen molar-refractivity contribution in [3.05, 3.63) is 65.7 Å². The van der Waals surface area contributed by atoms with E-state index in [1.807, 2.05) is 31.2 Å². The molecule has 0 fully saturated rings. The number of aliphatic hydroxyl groups is 1. The van der Waals surface area contributed by atoms with Crippen LogP contribution in [0.2, 0.25) is 0 Å². The Bertz CT molecular complexity index is 684. The number of Topliss-reactive ketones (excluding diaryl/α,β-unsaturated/α-hetero) is 1. The Balaban J connectivity index is 1.97. The molecule has 1 amide bonds. The van der Waals surface area contributed by atoms with E-state index in [0.29, 0.717) is 23.3 Å². The lowest BCUT2D eigenvalue weighted by atomic mass is 10.1. The van der Waals surface area contributed by atoms with Crippen molar-refractivity contribution in [3.8, 4) is 0 Å². The average molecular weight is 343 g/mol. The first kappa shape index (κ1) is 18.2. The minimum atomic E-state index is -0.242. The van der Waals surface area contributed by atoms with E-state index in [1.54, 1.807) is 30.3 Å². The Morgan fingerprint density at radius 3 is 2.46 bits per heavy atom. The van der Waals surface area contributed by atoms with Crippen molar-refractivity contribution >= 4 is 23.5 Å². The normalized spacial score (nSPS) is 11.8. The van der Waals surface area contributed by atoms with Gasteiger partial charge in [0.1, 0.15) is 0 Å². The second-order valence-corrected chi connectivity index (χ2v) is 6.42. The van der Waals surface area contributed by atoms with Gasteiger partial charge in [0.05, 0.1) is 18.4 Å². The molecule has 4 nitrogen and oxygen atoms in total. The number of rotatable bonds is 8. The highest BCUT2D eigenvalue weighted by molar-refractivity contribution is 8.00. The number of amides is 1. The fourth-order valence-electron chi connectivity index (χ4n) is 2.13. The molecule has 0 aliphatic heterocycles. The molecule has 0 aromatic heterocycles. The first-order valence-electron chi connectivity index (χ1n) is 7.87. The highest BCUT2D eigenvalue weighted by Crippen LogP contribution is 2.20. The van der Waals surface area contributed by atoms with Crippen molar-refractivity contribution in [2.45, 2.75) is 24.3 Å². The van der Waals surface area contributed by atoms with Crippen LogP contribution in [0.25, 0.3) is 0 Å². The monoisotopic (exact) mass is 343 g/mol. The van der Waals surface area contributed by atoms with Crippen molar-refractivity contribution in [1.29, 1.82) is 0 Å². The molecule has 2 aromatic rings. The summed E-state index contributed by atoms with van der Waals surface area (Å²) in [6.07, 6.45) is 0.669. The molecule has 5 heteroatoms. The van der Waals surface area contributed by atoms with Gasteiger partial charge in [-0.05, 0) is 24.6 Å². The average Bonchev–Trinajstić information content (AvgIpc) is 2.64. The van der Waals surface area contributed by atoms with Crippen LogP contribution in [0.4, 0.5) is 0 Å². The predicted molar refractivity (Wildman–Crippen MR) is 96.6 cm³/mol. The SMILES string of the molecule is CCC(CO)NC(=O)c1cccc(SCC(=O)c2ccccc2)c1. The zero-order valence-electron chi connectivity index (χ0n) is 13.6. The maximum atomic E-state index is 12.2. The highest BCUT2D eigenvalue weighted by Gasteiger charge is 2.12. The molecule has 1 unspecified atom stereocenters. The second kappa shape index (κ2) is 9.25. The van der Waals surface area contributed by atoms with E-state index in [1.165, 1.54) is 11.8 Å². The number of hydrogen-bond donors (Lipinski definition) is 2. The molecule has 2 rings (SSSR count). The molecular formula is C19H21NO3S. The maximum Gasteiger partial charge on any atom is 0.251 e. The van der Waals surface area contributed by atoms with E-state index >= 15 is 0 Å². The predicted octanol–water partition coefficient (Wildman–Crippen LogP) is 3.16. The summed E-state index contributed by atoms with van der Waals surface area (Å²) in [6.45, 7) is 1.82. The molecule has 0 spiro atoms. The molecule has 0 aliphatic carbocycles. The summed E-state index contributed by atoms with van der Waals surface area (Å²) in [6, 6.07) is 16.1. The van der Waals surface area contributed by atoms with Gasteiger partial charge in [0.2, 0.25) is 0 Å². The van der Waals surface area contributed by atoms with Gasteiger partial charge in [0.15, 0.2) is 5.78 Å². The third-order valence-corrected chi connectivity index (χ3v) is 4.60. The standard InChI is InChI=1S/C19H21NO3S/c1-2-16(12-21)20-19(23)15-9-6-10-17(11-15)24-13-18(22)14-7-4-3-5-8-14/h3-11,16,21H,2,12-13H2,1H3,(H,20,23). The van der Waals surface area contributed by atoms with Crippen LogP contribution < -0.4 is 5.32 Å². The van der Waals surface area contributed by atoms with Crippen molar-refractivity contribution in [1.82, 2.24) is 5.32 Å². The van der Waals surface area contributed by atoms with Crippen molar-refractivity contribution < 1.29 is 14.7 Å². The Labute approximate surface area is 146 Å². The molecule has 24 heavy (non-hydrogen) atoms. The third kappa shape index (κ3) is 5.22. The van der Waals surface area contributed by atoms with E-state index in [-0.39, 0.29) is 24.3 Å². The van der Waals surface area contributed by atoms with Crippen molar-refractivity contribution in [2.75, 3.05) is 12.4 Å². The van der Waals surface area contributed by atoms with Gasteiger partial charge in [0, 0.05) is 16.0 Å². The number of carbonyl (C=O) groups excluding carboxylic acids is 2. The molecule has 126 valence electrons. The lowest BCUT2D eigenvalue weighted by Crippen LogP contribution is -2.36. The molecule has 0 heterocycles. The summed E-state index contributed by atoms with van der Waals surface area (Å²) < 4.78 is 0. The smallest absolute Gasteiger partial charge is 0.251 e. The number of thioether (sulfide) groups is 1. The Kier molecular flexibility index (Phi) is 7.03. The fraction of sp³-hybridized carbons (Fsp3) is 0.263. The molecule has 2 aromatic carbocycles. The lowest BCUT2D eigenvalue weighted by Gasteiger charge is -2.14. The van der Waals surface area contributed by atoms with E-state index in [4.69, 9.17) is 0 Å². The first-order chi connectivity index (χ1) is 11.6. The van der Waals surface area contributed by atoms with Crippen molar-refractivity contribution in [2.24, 2.45) is 0 Å². The van der Waals surface area contributed by atoms with Crippen LogP contribution >= 0.6 is 11.8 Å². The minimum Gasteiger partial charge on any atom is -0.394 e. The molecule has 1 atom stereocenters. The van der Waals surface area contributed by atoms with Crippen LogP contribution in [0.3, 0.4) is 0 Å². The summed E-state index contributed by atoms with van der Waals surface area (Å²) >= 11 is 1.41. The molecule has 0 aliphatic rings. The number of hydrogen-bond acceptors (Lipinski definition) is 4. The molecular weight excluding hydrogens is 322 g/mol. The van der Waals surface area contributed by atoms with Crippen LogP contribution in [0.1, 0.15) is 34.1 Å². The number of carbonyl (C=O) groups is 2. The van der Waals surface area contributed by atoms with Crippen LogP contribution in [0, 0.1) is 0 Å².